The number of carbonyl (C=O) groups is 2. The van der Waals surface area contributed by atoms with E-state index in [0.717, 1.165) is 65.1 Å². The number of hydrogen-bond donors (Lipinski definition) is 1. The van der Waals surface area contributed by atoms with E-state index in [2.05, 4.69) is 11.4 Å². The van der Waals surface area contributed by atoms with Crippen LogP contribution in [0.1, 0.15) is 55.2 Å². The predicted octanol–water partition coefficient (Wildman–Crippen LogP) is 5.87. The van der Waals surface area contributed by atoms with Crippen LogP contribution in [0.25, 0.3) is 6.08 Å². The van der Waals surface area contributed by atoms with Gasteiger partial charge in [-0.3, -0.25) is 14.5 Å². The van der Waals surface area contributed by atoms with E-state index in [1.165, 1.54) is 31.0 Å². The highest BCUT2D eigenvalue weighted by Gasteiger charge is 2.51. The van der Waals surface area contributed by atoms with Gasteiger partial charge in [-0.1, -0.05) is 30.0 Å². The Hall–Kier alpha value is -3.06. The molecule has 1 N–H and O–H groups in total. The van der Waals surface area contributed by atoms with E-state index in [-0.39, 0.29) is 23.1 Å². The third-order valence-corrected chi connectivity index (χ3v) is 9.43. The van der Waals surface area contributed by atoms with Gasteiger partial charge in [0.2, 0.25) is 5.91 Å². The van der Waals surface area contributed by atoms with Crippen molar-refractivity contribution < 1.29 is 14.3 Å². The van der Waals surface area contributed by atoms with Gasteiger partial charge in [-0.25, -0.2) is 4.99 Å². The zero-order valence-corrected chi connectivity index (χ0v) is 23.1. The number of ether oxygens (including phenoxy) is 1. The molecule has 0 atom stereocenters. The van der Waals surface area contributed by atoms with Crippen LogP contribution in [0.3, 0.4) is 0 Å². The summed E-state index contributed by atoms with van der Waals surface area (Å²) in [6, 6.07) is 13.6. The smallest absolute Gasteiger partial charge is 0.283 e. The lowest BCUT2D eigenvalue weighted by Gasteiger charge is -2.56. The number of amides is 2. The number of amidine groups is 1. The molecule has 4 fully saturated rings. The molecular formula is C31H35N3O3S. The molecule has 2 aromatic rings. The molecule has 0 spiro atoms. The fourth-order valence-corrected chi connectivity index (χ4v) is 8.30. The van der Waals surface area contributed by atoms with Crippen molar-refractivity contribution in [2.24, 2.45) is 22.7 Å². The largest absolute Gasteiger partial charge is 0.497 e. The zero-order chi connectivity index (χ0) is 26.4. The van der Waals surface area contributed by atoms with Crippen molar-refractivity contribution in [2.75, 3.05) is 17.8 Å². The molecule has 0 aromatic heterocycles. The number of rotatable bonds is 6. The van der Waals surface area contributed by atoms with Crippen molar-refractivity contribution in [2.45, 2.75) is 57.9 Å². The number of nitrogens with zero attached hydrogens (tertiary/aromatic N) is 2. The standard InChI is InChI=1S/C31H35N3O3S/c1-19-8-20(2)10-25(9-19)34-29(36)27(14-21-4-6-26(37-3)7-5-21)32-30(34)38-18-28(35)33-31-15-22-11-23(16-31)13-24(12-22)17-31/h4-10,14,22-24H,11-13,15-18H2,1-3H3,(H,33,35)/b27-14-. The van der Waals surface area contributed by atoms with Crippen LogP contribution < -0.4 is 15.0 Å². The van der Waals surface area contributed by atoms with Gasteiger partial charge in [-0.2, -0.15) is 0 Å². The Kier molecular flexibility index (Phi) is 6.58. The SMILES string of the molecule is COc1ccc(/C=C2\N=C(SCC(=O)NC34CC5CC(CC(C5)C3)C4)N(c3cc(C)cc(C)c3)C2=O)cc1. The summed E-state index contributed by atoms with van der Waals surface area (Å²) in [5, 5.41) is 3.99. The second-order valence-electron chi connectivity index (χ2n) is 11.7. The summed E-state index contributed by atoms with van der Waals surface area (Å²) in [7, 11) is 1.63. The van der Waals surface area contributed by atoms with E-state index < -0.39 is 0 Å². The van der Waals surface area contributed by atoms with Crippen molar-refractivity contribution in [1.29, 1.82) is 0 Å². The molecule has 38 heavy (non-hydrogen) atoms. The van der Waals surface area contributed by atoms with Crippen molar-refractivity contribution in [1.82, 2.24) is 5.32 Å². The van der Waals surface area contributed by atoms with Crippen LogP contribution in [0.2, 0.25) is 0 Å². The number of methoxy groups -OCH3 is 1. The molecule has 0 unspecified atom stereocenters. The Morgan fingerprint density at radius 2 is 1.66 bits per heavy atom. The van der Waals surface area contributed by atoms with Crippen LogP contribution in [-0.2, 0) is 9.59 Å². The Bertz CT molecular complexity index is 1270. The molecule has 0 saturated heterocycles. The molecule has 0 radical (unpaired) electrons. The molecular weight excluding hydrogens is 494 g/mol. The molecule has 1 aliphatic heterocycles. The fourth-order valence-electron chi connectivity index (χ4n) is 7.48. The maximum absolute atomic E-state index is 13.6. The number of aliphatic imine (C=N–C) groups is 1. The van der Waals surface area contributed by atoms with Gasteiger partial charge in [-0.05, 0) is 117 Å². The van der Waals surface area contributed by atoms with E-state index in [4.69, 9.17) is 9.73 Å². The summed E-state index contributed by atoms with van der Waals surface area (Å²) in [5.41, 5.74) is 4.13. The van der Waals surface area contributed by atoms with Crippen molar-refractivity contribution in [3.8, 4) is 5.75 Å². The van der Waals surface area contributed by atoms with Crippen LogP contribution in [0, 0.1) is 31.6 Å². The molecule has 4 bridgehead atoms. The average Bonchev–Trinajstić information content (AvgIpc) is 3.16. The molecule has 7 rings (SSSR count). The minimum absolute atomic E-state index is 0.0214. The first-order valence-electron chi connectivity index (χ1n) is 13.6. The summed E-state index contributed by atoms with van der Waals surface area (Å²) < 4.78 is 5.25. The van der Waals surface area contributed by atoms with Crippen molar-refractivity contribution in [3.63, 3.8) is 0 Å². The number of thioether (sulfide) groups is 1. The molecule has 2 aromatic carbocycles. The van der Waals surface area contributed by atoms with Gasteiger partial charge in [0.05, 0.1) is 18.6 Å². The molecule has 5 aliphatic rings. The zero-order valence-electron chi connectivity index (χ0n) is 22.3. The van der Waals surface area contributed by atoms with Crippen LogP contribution in [0.5, 0.6) is 5.75 Å². The maximum Gasteiger partial charge on any atom is 0.283 e. The van der Waals surface area contributed by atoms with E-state index in [9.17, 15) is 9.59 Å². The van der Waals surface area contributed by atoms with Gasteiger partial charge in [0.1, 0.15) is 11.4 Å². The van der Waals surface area contributed by atoms with E-state index in [0.29, 0.717) is 10.9 Å². The predicted molar refractivity (Wildman–Crippen MR) is 153 cm³/mol. The first-order chi connectivity index (χ1) is 18.3. The van der Waals surface area contributed by atoms with Gasteiger partial charge in [0, 0.05) is 5.54 Å². The summed E-state index contributed by atoms with van der Waals surface area (Å²) in [6.45, 7) is 4.04. The maximum atomic E-state index is 13.6. The minimum atomic E-state index is -0.185. The second kappa shape index (κ2) is 9.92. The van der Waals surface area contributed by atoms with Crippen molar-refractivity contribution >= 4 is 40.5 Å². The summed E-state index contributed by atoms with van der Waals surface area (Å²) in [5.74, 6) is 3.18. The second-order valence-corrected chi connectivity index (χ2v) is 12.7. The fraction of sp³-hybridized carbons (Fsp3) is 0.452. The Balaban J connectivity index is 1.22. The van der Waals surface area contributed by atoms with Gasteiger partial charge < -0.3 is 10.1 Å². The molecule has 4 aliphatic carbocycles. The number of aryl methyl sites for hydroxylation is 2. The van der Waals surface area contributed by atoms with Crippen LogP contribution >= 0.6 is 11.8 Å². The minimum Gasteiger partial charge on any atom is -0.497 e. The van der Waals surface area contributed by atoms with Crippen LogP contribution in [-0.4, -0.2) is 35.4 Å². The monoisotopic (exact) mass is 529 g/mol. The first kappa shape index (κ1) is 25.2. The third-order valence-electron chi connectivity index (χ3n) is 8.49. The van der Waals surface area contributed by atoms with Gasteiger partial charge >= 0.3 is 0 Å². The van der Waals surface area contributed by atoms with Crippen LogP contribution in [0.4, 0.5) is 5.69 Å². The normalized spacial score (nSPS) is 28.7. The summed E-state index contributed by atoms with van der Waals surface area (Å²) in [4.78, 5) is 33.2. The van der Waals surface area contributed by atoms with Gasteiger partial charge in [-0.15, -0.1) is 0 Å². The molecule has 1 heterocycles. The number of nitrogens with one attached hydrogen (secondary N) is 1. The highest BCUT2D eigenvalue weighted by Crippen LogP contribution is 2.55. The van der Waals surface area contributed by atoms with E-state index in [1.54, 1.807) is 18.1 Å². The highest BCUT2D eigenvalue weighted by molar-refractivity contribution is 8.14. The number of anilines is 1. The number of carbonyl (C=O) groups excluding carboxylic acids is 2. The first-order valence-corrected chi connectivity index (χ1v) is 14.6. The summed E-state index contributed by atoms with van der Waals surface area (Å²) in [6.07, 6.45) is 9.19. The Morgan fingerprint density at radius 3 is 2.24 bits per heavy atom. The third kappa shape index (κ3) is 5.00. The molecule has 2 amide bonds. The molecule has 198 valence electrons. The van der Waals surface area contributed by atoms with Gasteiger partial charge in [0.25, 0.3) is 5.91 Å². The van der Waals surface area contributed by atoms with Crippen LogP contribution in [0.15, 0.2) is 53.2 Å². The topological polar surface area (TPSA) is 71.0 Å². The number of benzene rings is 2. The molecule has 7 heteroatoms. The lowest BCUT2D eigenvalue weighted by atomic mass is 9.53. The number of hydrogen-bond acceptors (Lipinski definition) is 5. The van der Waals surface area contributed by atoms with E-state index in [1.807, 2.05) is 50.2 Å². The van der Waals surface area contributed by atoms with Gasteiger partial charge in [0.15, 0.2) is 5.17 Å². The lowest BCUT2D eigenvalue weighted by molar-refractivity contribution is -0.124. The summed E-state index contributed by atoms with van der Waals surface area (Å²) >= 11 is 1.34. The van der Waals surface area contributed by atoms with E-state index >= 15 is 0 Å². The Labute approximate surface area is 228 Å². The molecule has 4 saturated carbocycles. The molecule has 6 nitrogen and oxygen atoms in total. The quantitative estimate of drug-likeness (QED) is 0.475. The Morgan fingerprint density at radius 1 is 1.05 bits per heavy atom. The lowest BCUT2D eigenvalue weighted by Crippen LogP contribution is -2.60. The average molecular weight is 530 g/mol. The highest BCUT2D eigenvalue weighted by atomic mass is 32.2. The van der Waals surface area contributed by atoms with Crippen molar-refractivity contribution in [3.05, 3.63) is 64.9 Å².